The predicted octanol–water partition coefficient (Wildman–Crippen LogP) is 1.41. The number of aryl methyl sites for hydroxylation is 1. The largest absolute Gasteiger partial charge is 0.352 e. The molecule has 1 amide bonds. The van der Waals surface area contributed by atoms with E-state index in [1.54, 1.807) is 0 Å². The van der Waals surface area contributed by atoms with E-state index >= 15 is 0 Å². The van der Waals surface area contributed by atoms with Crippen LogP contribution in [0.3, 0.4) is 0 Å². The Hall–Kier alpha value is -1.52. The summed E-state index contributed by atoms with van der Waals surface area (Å²) in [5.74, 6) is -1.01. The van der Waals surface area contributed by atoms with Crippen LogP contribution in [-0.4, -0.2) is 68.1 Å². The van der Waals surface area contributed by atoms with Crippen LogP contribution in [0.4, 0.5) is 0 Å². The molecule has 4 rings (SSSR count). The van der Waals surface area contributed by atoms with E-state index in [0.29, 0.717) is 65.1 Å². The van der Waals surface area contributed by atoms with Crippen LogP contribution in [0, 0.1) is 12.8 Å². The van der Waals surface area contributed by atoms with Crippen molar-refractivity contribution in [3.8, 4) is 0 Å². The zero-order chi connectivity index (χ0) is 21.2. The highest BCUT2D eigenvalue weighted by molar-refractivity contribution is 7.86. The lowest BCUT2D eigenvalue weighted by Gasteiger charge is -2.40. The van der Waals surface area contributed by atoms with Crippen LogP contribution in [0.1, 0.15) is 36.8 Å². The van der Waals surface area contributed by atoms with Crippen LogP contribution in [0.25, 0.3) is 0 Å². The molecule has 1 spiro atoms. The molecule has 3 aliphatic rings. The molecule has 1 aromatic carbocycles. The van der Waals surface area contributed by atoms with Crippen molar-refractivity contribution in [2.24, 2.45) is 5.92 Å². The predicted molar refractivity (Wildman–Crippen MR) is 112 cm³/mol. The Morgan fingerprint density at radius 2 is 1.90 bits per heavy atom. The van der Waals surface area contributed by atoms with Crippen LogP contribution in [0.15, 0.2) is 24.3 Å². The summed E-state index contributed by atoms with van der Waals surface area (Å²) in [6.45, 7) is 5.05. The second-order valence-electron chi connectivity index (χ2n) is 8.42. The second-order valence-corrected chi connectivity index (χ2v) is 10.3. The normalized spacial score (nSPS) is 25.4. The number of carbonyl (C=O) groups is 1. The number of ether oxygens (including phenoxy) is 2. The first-order chi connectivity index (χ1) is 14.4. The maximum absolute atomic E-state index is 13.2. The quantitative estimate of drug-likeness (QED) is 0.753. The minimum atomic E-state index is -3.59. The molecule has 0 radical (unpaired) electrons. The number of benzene rings is 1. The molecule has 3 aliphatic heterocycles. The zero-order valence-corrected chi connectivity index (χ0v) is 18.3. The summed E-state index contributed by atoms with van der Waals surface area (Å²) < 4.78 is 40.7. The van der Waals surface area contributed by atoms with Gasteiger partial charge in [0.15, 0.2) is 5.79 Å². The van der Waals surface area contributed by atoms with E-state index < -0.39 is 16.0 Å². The van der Waals surface area contributed by atoms with Gasteiger partial charge in [-0.1, -0.05) is 29.8 Å². The van der Waals surface area contributed by atoms with Crippen molar-refractivity contribution in [2.75, 3.05) is 39.4 Å². The molecule has 9 heteroatoms. The third kappa shape index (κ3) is 4.70. The molecular weight excluding hydrogens is 406 g/mol. The average Bonchev–Trinajstić information content (AvgIpc) is 3.20. The molecule has 0 aromatic heterocycles. The first-order valence-electron chi connectivity index (χ1n) is 10.7. The first-order valence-corrected chi connectivity index (χ1v) is 12.1. The highest BCUT2D eigenvalue weighted by Crippen LogP contribution is 2.33. The van der Waals surface area contributed by atoms with Crippen molar-refractivity contribution in [3.05, 3.63) is 35.4 Å². The maximum Gasteiger partial charge on any atom is 0.282 e. The van der Waals surface area contributed by atoms with E-state index in [-0.39, 0.29) is 18.4 Å². The summed E-state index contributed by atoms with van der Waals surface area (Å²) in [6.07, 6.45) is 2.48. The first kappa shape index (κ1) is 21.7. The summed E-state index contributed by atoms with van der Waals surface area (Å²) >= 11 is 0. The fourth-order valence-corrected chi connectivity index (χ4v) is 6.23. The topological polar surface area (TPSA) is 88.2 Å². The van der Waals surface area contributed by atoms with E-state index in [0.717, 1.165) is 11.1 Å². The van der Waals surface area contributed by atoms with Gasteiger partial charge in [0.2, 0.25) is 5.91 Å². The molecule has 1 aromatic rings. The molecule has 166 valence electrons. The lowest BCUT2D eigenvalue weighted by molar-refractivity contribution is -0.179. The lowest BCUT2D eigenvalue weighted by atomic mass is 9.98. The van der Waals surface area contributed by atoms with Crippen molar-refractivity contribution >= 4 is 16.1 Å². The summed E-state index contributed by atoms with van der Waals surface area (Å²) in [6, 6.07) is 8.00. The zero-order valence-electron chi connectivity index (χ0n) is 17.5. The number of carbonyl (C=O) groups excluding carboxylic acids is 1. The van der Waals surface area contributed by atoms with Crippen molar-refractivity contribution in [1.82, 2.24) is 13.9 Å². The summed E-state index contributed by atoms with van der Waals surface area (Å²) in [4.78, 5) is 12.7. The van der Waals surface area contributed by atoms with Gasteiger partial charge in [-0.3, -0.25) is 4.79 Å². The minimum Gasteiger partial charge on any atom is -0.352 e. The summed E-state index contributed by atoms with van der Waals surface area (Å²) in [7, 11) is -3.59. The van der Waals surface area contributed by atoms with E-state index in [4.69, 9.17) is 9.47 Å². The molecule has 3 saturated heterocycles. The van der Waals surface area contributed by atoms with Crippen LogP contribution in [0.5, 0.6) is 0 Å². The molecule has 1 atom stereocenters. The van der Waals surface area contributed by atoms with Crippen LogP contribution in [-0.2, 0) is 31.0 Å². The highest BCUT2D eigenvalue weighted by atomic mass is 32.2. The minimum absolute atomic E-state index is 0.0817. The Morgan fingerprint density at radius 3 is 2.60 bits per heavy atom. The Morgan fingerprint density at radius 1 is 1.17 bits per heavy atom. The molecule has 0 unspecified atom stereocenters. The van der Waals surface area contributed by atoms with E-state index in [9.17, 15) is 13.2 Å². The fourth-order valence-electron chi connectivity index (χ4n) is 4.53. The van der Waals surface area contributed by atoms with Crippen LogP contribution in [0.2, 0.25) is 0 Å². The number of nitrogens with zero attached hydrogens (tertiary/aromatic N) is 2. The maximum atomic E-state index is 13.2. The van der Waals surface area contributed by atoms with Gasteiger partial charge in [-0.15, -0.1) is 0 Å². The molecule has 0 bridgehead atoms. The number of hydrogen-bond donors (Lipinski definition) is 1. The SMILES string of the molecule is Cc1cccc(CNC(=O)[C@H]2CCCN(S(=O)(=O)N3CCC4(CC3)OCCO4)C2)c1. The molecule has 30 heavy (non-hydrogen) atoms. The number of nitrogens with one attached hydrogen (secondary N) is 1. The second kappa shape index (κ2) is 8.92. The van der Waals surface area contributed by atoms with Gasteiger partial charge in [0.1, 0.15) is 0 Å². The van der Waals surface area contributed by atoms with Gasteiger partial charge in [-0.25, -0.2) is 0 Å². The van der Waals surface area contributed by atoms with Crippen molar-refractivity contribution < 1.29 is 22.7 Å². The lowest BCUT2D eigenvalue weighted by Crippen LogP contribution is -2.54. The molecular formula is C21H31N3O5S. The van der Waals surface area contributed by atoms with Gasteiger partial charge in [-0.2, -0.15) is 17.0 Å². The Labute approximate surface area is 178 Å². The average molecular weight is 438 g/mol. The fraction of sp³-hybridized carbons (Fsp3) is 0.667. The van der Waals surface area contributed by atoms with E-state index in [2.05, 4.69) is 5.32 Å². The van der Waals surface area contributed by atoms with Crippen LogP contribution < -0.4 is 5.32 Å². The van der Waals surface area contributed by atoms with Gasteiger partial charge in [0.25, 0.3) is 10.2 Å². The number of piperidine rings is 2. The highest BCUT2D eigenvalue weighted by Gasteiger charge is 2.44. The molecule has 1 N–H and O–H groups in total. The third-order valence-corrected chi connectivity index (χ3v) is 8.26. The van der Waals surface area contributed by atoms with Crippen molar-refractivity contribution in [2.45, 2.75) is 44.9 Å². The molecule has 3 fully saturated rings. The van der Waals surface area contributed by atoms with Gasteiger partial charge in [-0.05, 0) is 25.3 Å². The van der Waals surface area contributed by atoms with Crippen molar-refractivity contribution in [1.29, 1.82) is 0 Å². The third-order valence-electron chi connectivity index (χ3n) is 6.25. The van der Waals surface area contributed by atoms with Gasteiger partial charge in [0.05, 0.1) is 19.1 Å². The molecule has 0 aliphatic carbocycles. The molecule has 0 saturated carbocycles. The standard InChI is InChI=1S/C21H31N3O5S/c1-17-4-2-5-18(14-17)15-22-20(25)19-6-3-9-24(16-19)30(26,27)23-10-7-21(8-11-23)28-12-13-29-21/h2,4-5,14,19H,3,6-13,15-16H2,1H3,(H,22,25)/t19-/m0/s1. The molecule has 3 heterocycles. The Balaban J connectivity index is 1.33. The monoisotopic (exact) mass is 437 g/mol. The van der Waals surface area contributed by atoms with E-state index in [1.807, 2.05) is 31.2 Å². The number of amides is 1. The van der Waals surface area contributed by atoms with Crippen LogP contribution >= 0.6 is 0 Å². The van der Waals surface area contributed by atoms with Gasteiger partial charge < -0.3 is 14.8 Å². The number of hydrogen-bond acceptors (Lipinski definition) is 5. The van der Waals surface area contributed by atoms with Gasteiger partial charge >= 0.3 is 0 Å². The van der Waals surface area contributed by atoms with Crippen molar-refractivity contribution in [3.63, 3.8) is 0 Å². The smallest absolute Gasteiger partial charge is 0.282 e. The van der Waals surface area contributed by atoms with E-state index in [1.165, 1.54) is 8.61 Å². The van der Waals surface area contributed by atoms with Gasteiger partial charge in [0, 0.05) is 45.6 Å². The summed E-state index contributed by atoms with van der Waals surface area (Å²) in [5.41, 5.74) is 2.19. The summed E-state index contributed by atoms with van der Waals surface area (Å²) in [5, 5.41) is 2.97. The number of rotatable bonds is 5. The molecule has 8 nitrogen and oxygen atoms in total. The Kier molecular flexibility index (Phi) is 6.45. The Bertz CT molecular complexity index is 859.